The van der Waals surface area contributed by atoms with Crippen LogP contribution in [-0.4, -0.2) is 74.5 Å². The van der Waals surface area contributed by atoms with E-state index in [1.165, 1.54) is 0 Å². The van der Waals surface area contributed by atoms with Gasteiger partial charge in [-0.05, 0) is 77.3 Å². The van der Waals surface area contributed by atoms with Crippen LogP contribution in [0.4, 0.5) is 9.59 Å². The van der Waals surface area contributed by atoms with Crippen LogP contribution in [0.25, 0.3) is 0 Å². The van der Waals surface area contributed by atoms with Gasteiger partial charge in [0, 0.05) is 49.3 Å². The summed E-state index contributed by atoms with van der Waals surface area (Å²) in [6.45, 7) is 3.79. The van der Waals surface area contributed by atoms with Crippen LogP contribution >= 0.6 is 0 Å². The van der Waals surface area contributed by atoms with Crippen molar-refractivity contribution in [2.45, 2.75) is 100 Å². The molecule has 4 aliphatic rings. The third kappa shape index (κ3) is 9.09. The second-order valence-corrected chi connectivity index (χ2v) is 9.84. The van der Waals surface area contributed by atoms with E-state index in [0.717, 1.165) is 90.4 Å². The van der Waals surface area contributed by atoms with Crippen LogP contribution in [0.3, 0.4) is 0 Å². The summed E-state index contributed by atoms with van der Waals surface area (Å²) in [4.78, 5) is 23.3. The molecule has 0 aromatic rings. The Labute approximate surface area is 192 Å². The number of nitrogens with one attached hydrogen (secondary N) is 6. The first-order valence-electron chi connectivity index (χ1n) is 12.5. The minimum atomic E-state index is -0.0193. The Morgan fingerprint density at radius 2 is 0.875 bits per heavy atom. The normalized spacial score (nSPS) is 34.7. The van der Waals surface area contributed by atoms with E-state index in [9.17, 15) is 9.59 Å². The number of nitrogens with two attached hydrogens (primary N) is 2. The molecule has 0 bridgehead atoms. The molecule has 0 unspecified atom stereocenters. The molecule has 0 aromatic carbocycles. The minimum Gasteiger partial charge on any atom is -0.335 e. The quantitative estimate of drug-likeness (QED) is 0.296. The molecule has 0 spiro atoms. The van der Waals surface area contributed by atoms with Crippen molar-refractivity contribution in [3.63, 3.8) is 0 Å². The third-order valence-corrected chi connectivity index (χ3v) is 7.01. The molecule has 2 aliphatic heterocycles. The van der Waals surface area contributed by atoms with Gasteiger partial charge in [0.1, 0.15) is 0 Å². The highest BCUT2D eigenvalue weighted by molar-refractivity contribution is 5.75. The lowest BCUT2D eigenvalue weighted by molar-refractivity contribution is 0.227. The van der Waals surface area contributed by atoms with E-state index in [1.54, 1.807) is 0 Å². The van der Waals surface area contributed by atoms with Gasteiger partial charge in [-0.3, -0.25) is 0 Å². The molecule has 10 nitrogen and oxygen atoms in total. The third-order valence-electron chi connectivity index (χ3n) is 7.01. The Kier molecular flexibility index (Phi) is 10.3. The average Bonchev–Trinajstić information content (AvgIpc) is 3.46. The zero-order valence-corrected chi connectivity index (χ0v) is 19.3. The van der Waals surface area contributed by atoms with Crippen molar-refractivity contribution in [1.82, 2.24) is 31.9 Å². The van der Waals surface area contributed by atoms with Crippen molar-refractivity contribution in [1.29, 1.82) is 0 Å². The van der Waals surface area contributed by atoms with Crippen LogP contribution in [0.5, 0.6) is 0 Å². The fraction of sp³-hybridized carbons (Fsp3) is 0.909. The number of hydrogen-bond donors (Lipinski definition) is 8. The SMILES string of the molecule is NC1CCC(NC(=O)N[C@@H]2CCNC2)CC1.NC1CCC(NC(=O)N[C@@H]2CCNC2)CC1. The zero-order valence-electron chi connectivity index (χ0n) is 19.3. The Balaban J connectivity index is 0.000000181. The summed E-state index contributed by atoms with van der Waals surface area (Å²) in [6.07, 6.45) is 10.2. The van der Waals surface area contributed by atoms with E-state index in [0.29, 0.717) is 36.3 Å². The number of urea groups is 2. The van der Waals surface area contributed by atoms with Crippen LogP contribution in [-0.2, 0) is 0 Å². The van der Waals surface area contributed by atoms with Gasteiger partial charge in [-0.1, -0.05) is 0 Å². The van der Waals surface area contributed by atoms with Gasteiger partial charge in [0.05, 0.1) is 0 Å². The molecule has 4 amide bonds. The molecular formula is C22H44N8O2. The number of hydrogen-bond acceptors (Lipinski definition) is 6. The lowest BCUT2D eigenvalue weighted by atomic mass is 9.92. The first kappa shape index (κ1) is 25.0. The molecule has 4 fully saturated rings. The first-order valence-corrected chi connectivity index (χ1v) is 12.5. The van der Waals surface area contributed by atoms with Crippen LogP contribution < -0.4 is 43.4 Å². The fourth-order valence-electron chi connectivity index (χ4n) is 4.91. The van der Waals surface area contributed by atoms with Crippen molar-refractivity contribution in [2.24, 2.45) is 11.5 Å². The van der Waals surface area contributed by atoms with E-state index in [-0.39, 0.29) is 12.1 Å². The van der Waals surface area contributed by atoms with Crippen LogP contribution in [0.15, 0.2) is 0 Å². The molecular weight excluding hydrogens is 408 g/mol. The Hall–Kier alpha value is -1.62. The van der Waals surface area contributed by atoms with Crippen LogP contribution in [0.1, 0.15) is 64.2 Å². The molecule has 2 atom stereocenters. The van der Waals surface area contributed by atoms with Gasteiger partial charge in [0.2, 0.25) is 0 Å². The van der Waals surface area contributed by atoms with Gasteiger partial charge in [0.15, 0.2) is 0 Å². The largest absolute Gasteiger partial charge is 0.335 e. The summed E-state index contributed by atoms with van der Waals surface area (Å²) in [5.74, 6) is 0. The number of carbonyl (C=O) groups excluding carboxylic acids is 2. The van der Waals surface area contributed by atoms with Crippen molar-refractivity contribution in [3.8, 4) is 0 Å². The van der Waals surface area contributed by atoms with Crippen LogP contribution in [0.2, 0.25) is 0 Å². The molecule has 10 N–H and O–H groups in total. The summed E-state index contributed by atoms with van der Waals surface area (Å²) < 4.78 is 0. The van der Waals surface area contributed by atoms with Gasteiger partial charge < -0.3 is 43.4 Å². The Bertz CT molecular complexity index is 514. The zero-order chi connectivity index (χ0) is 22.8. The lowest BCUT2D eigenvalue weighted by Crippen LogP contribution is -2.48. The average molecular weight is 453 g/mol. The van der Waals surface area contributed by atoms with Crippen molar-refractivity contribution < 1.29 is 9.59 Å². The fourth-order valence-corrected chi connectivity index (χ4v) is 4.91. The molecule has 2 heterocycles. The summed E-state index contributed by atoms with van der Waals surface area (Å²) >= 11 is 0. The highest BCUT2D eigenvalue weighted by Crippen LogP contribution is 2.17. The summed E-state index contributed by atoms with van der Waals surface area (Å²) in [7, 11) is 0. The van der Waals surface area contributed by atoms with Crippen molar-refractivity contribution >= 4 is 12.1 Å². The number of rotatable bonds is 4. The molecule has 2 saturated carbocycles. The maximum absolute atomic E-state index is 11.7. The predicted molar refractivity (Wildman–Crippen MR) is 126 cm³/mol. The summed E-state index contributed by atoms with van der Waals surface area (Å²) in [5, 5.41) is 18.5. The summed E-state index contributed by atoms with van der Waals surface area (Å²) in [5.41, 5.74) is 11.6. The van der Waals surface area contributed by atoms with Gasteiger partial charge in [-0.15, -0.1) is 0 Å². The van der Waals surface area contributed by atoms with Crippen molar-refractivity contribution in [2.75, 3.05) is 26.2 Å². The number of amides is 4. The monoisotopic (exact) mass is 452 g/mol. The molecule has 10 heteroatoms. The van der Waals surface area contributed by atoms with E-state index < -0.39 is 0 Å². The second-order valence-electron chi connectivity index (χ2n) is 9.84. The van der Waals surface area contributed by atoms with E-state index in [4.69, 9.17) is 11.5 Å². The molecule has 0 aromatic heterocycles. The highest BCUT2D eigenvalue weighted by atomic mass is 16.2. The summed E-state index contributed by atoms with van der Waals surface area (Å²) in [6, 6.07) is 1.85. The smallest absolute Gasteiger partial charge is 0.315 e. The van der Waals surface area contributed by atoms with Gasteiger partial charge >= 0.3 is 12.1 Å². The van der Waals surface area contributed by atoms with Crippen molar-refractivity contribution in [3.05, 3.63) is 0 Å². The van der Waals surface area contributed by atoms with E-state index in [1.807, 2.05) is 0 Å². The van der Waals surface area contributed by atoms with E-state index in [2.05, 4.69) is 31.9 Å². The molecule has 2 aliphatic carbocycles. The predicted octanol–water partition coefficient (Wildman–Crippen LogP) is -0.165. The second kappa shape index (κ2) is 13.2. The van der Waals surface area contributed by atoms with Gasteiger partial charge in [-0.25, -0.2) is 9.59 Å². The van der Waals surface area contributed by atoms with Crippen LogP contribution in [0, 0.1) is 0 Å². The molecule has 2 saturated heterocycles. The topological polar surface area (TPSA) is 158 Å². The van der Waals surface area contributed by atoms with Gasteiger partial charge in [0.25, 0.3) is 0 Å². The Morgan fingerprint density at radius 1 is 0.531 bits per heavy atom. The molecule has 32 heavy (non-hydrogen) atoms. The lowest BCUT2D eigenvalue weighted by Gasteiger charge is -2.27. The molecule has 0 radical (unpaired) electrons. The van der Waals surface area contributed by atoms with Gasteiger partial charge in [-0.2, -0.15) is 0 Å². The maximum Gasteiger partial charge on any atom is 0.315 e. The Morgan fingerprint density at radius 3 is 1.19 bits per heavy atom. The number of carbonyl (C=O) groups is 2. The molecule has 184 valence electrons. The highest BCUT2D eigenvalue weighted by Gasteiger charge is 2.23. The first-order chi connectivity index (χ1) is 15.5. The molecule has 4 rings (SSSR count). The maximum atomic E-state index is 11.7. The minimum absolute atomic E-state index is 0.0193. The van der Waals surface area contributed by atoms with E-state index >= 15 is 0 Å². The standard InChI is InChI=1S/2C11H22N4O/c2*12-8-1-3-9(4-2-8)14-11(16)15-10-5-6-13-7-10/h2*8-10,13H,1-7,12H2,(H2,14,15,16)/t2*8?,9?,10-/m11/s1.